The number of rotatable bonds is 2. The molecule has 2 aliphatic heterocycles. The first-order valence-electron chi connectivity index (χ1n) is 9.67. The molecule has 0 amide bonds. The summed E-state index contributed by atoms with van der Waals surface area (Å²) < 4.78 is 7.64. The van der Waals surface area contributed by atoms with Crippen molar-refractivity contribution in [1.29, 1.82) is 0 Å². The molecule has 1 unspecified atom stereocenters. The van der Waals surface area contributed by atoms with E-state index in [1.54, 1.807) is 0 Å². The van der Waals surface area contributed by atoms with Crippen molar-refractivity contribution in [2.24, 2.45) is 5.92 Å². The fourth-order valence-electron chi connectivity index (χ4n) is 4.92. The minimum absolute atomic E-state index is 0.129. The van der Waals surface area contributed by atoms with Gasteiger partial charge in [-0.05, 0) is 49.7 Å². The van der Waals surface area contributed by atoms with Crippen molar-refractivity contribution in [3.8, 4) is 0 Å². The molecule has 2 saturated heterocycles. The predicted octanol–water partition coefficient (Wildman–Crippen LogP) is 2.89. The molecule has 2 fully saturated rings. The van der Waals surface area contributed by atoms with Crippen molar-refractivity contribution in [2.75, 3.05) is 33.3 Å². The summed E-state index contributed by atoms with van der Waals surface area (Å²) in [5.41, 5.74) is 4.86. The number of nitrogens with zero attached hydrogens (tertiary/aromatic N) is 2. The van der Waals surface area contributed by atoms with Crippen LogP contribution in [0, 0.1) is 5.92 Å². The molecule has 0 aromatic rings. The highest BCUT2D eigenvalue weighted by Gasteiger charge is 2.38. The first kappa shape index (κ1) is 15.9. The number of likely N-dealkylation sites (tertiary alicyclic amines) is 1. The number of carbonyl (C=O) groups is 1. The molecule has 4 heteroatoms. The number of esters is 1. The minimum Gasteiger partial charge on any atom is -0.465 e. The zero-order valence-corrected chi connectivity index (χ0v) is 14.9. The highest BCUT2D eigenvalue weighted by Crippen LogP contribution is 2.40. The van der Waals surface area contributed by atoms with E-state index in [1.807, 2.05) is 0 Å². The Kier molecular flexibility index (Phi) is 4.47. The first-order valence-corrected chi connectivity index (χ1v) is 9.67. The fraction of sp³-hybridized carbons (Fsp3) is 0.700. The molecule has 4 aliphatic rings. The number of methoxy groups -OCH3 is 1. The SMILES string of the molecule is COC(=O)C1=C2C=C(N3CCCC3)CCC2CCC1=[N+]1CCCC1. The standard InChI is InChI=1S/C20H29N2O2/c1-24-20(23)19-17-14-16(21-10-2-3-11-21)8-6-15(17)7-9-18(19)22-12-4-5-13-22/h14-15H,2-13H2,1H3/q+1. The van der Waals surface area contributed by atoms with Crippen LogP contribution in [0.3, 0.4) is 0 Å². The molecule has 24 heavy (non-hydrogen) atoms. The average Bonchev–Trinajstić information content (AvgIpc) is 3.33. The highest BCUT2D eigenvalue weighted by molar-refractivity contribution is 6.19. The lowest BCUT2D eigenvalue weighted by Crippen LogP contribution is -2.33. The van der Waals surface area contributed by atoms with Gasteiger partial charge >= 0.3 is 5.97 Å². The van der Waals surface area contributed by atoms with Crippen LogP contribution in [0.1, 0.15) is 51.4 Å². The second-order valence-corrected chi connectivity index (χ2v) is 7.57. The summed E-state index contributed by atoms with van der Waals surface area (Å²) in [5, 5.41) is 0. The third-order valence-corrected chi connectivity index (χ3v) is 6.21. The molecule has 0 aromatic heterocycles. The fourth-order valence-corrected chi connectivity index (χ4v) is 4.92. The van der Waals surface area contributed by atoms with E-state index < -0.39 is 0 Å². The molecule has 0 radical (unpaired) electrons. The molecule has 0 aromatic carbocycles. The molecule has 4 nitrogen and oxygen atoms in total. The maximum atomic E-state index is 12.6. The van der Waals surface area contributed by atoms with Gasteiger partial charge < -0.3 is 9.64 Å². The van der Waals surface area contributed by atoms with Crippen molar-refractivity contribution in [3.05, 3.63) is 22.9 Å². The summed E-state index contributed by atoms with van der Waals surface area (Å²) in [6, 6.07) is 0. The van der Waals surface area contributed by atoms with E-state index in [4.69, 9.17) is 4.74 Å². The van der Waals surface area contributed by atoms with E-state index >= 15 is 0 Å². The molecule has 0 bridgehead atoms. The number of hydrogen-bond acceptors (Lipinski definition) is 3. The molecule has 0 saturated carbocycles. The van der Waals surface area contributed by atoms with Gasteiger partial charge in [0.1, 0.15) is 18.7 Å². The zero-order valence-electron chi connectivity index (χ0n) is 14.9. The van der Waals surface area contributed by atoms with Crippen LogP contribution in [0.2, 0.25) is 0 Å². The van der Waals surface area contributed by atoms with Crippen molar-refractivity contribution in [3.63, 3.8) is 0 Å². The quantitative estimate of drug-likeness (QED) is 0.577. The van der Waals surface area contributed by atoms with E-state index in [0.717, 1.165) is 25.1 Å². The summed E-state index contributed by atoms with van der Waals surface area (Å²) in [4.78, 5) is 15.2. The predicted molar refractivity (Wildman–Crippen MR) is 94.1 cm³/mol. The molecule has 1 atom stereocenters. The van der Waals surface area contributed by atoms with E-state index in [9.17, 15) is 4.79 Å². The van der Waals surface area contributed by atoms with Crippen LogP contribution in [0.4, 0.5) is 0 Å². The highest BCUT2D eigenvalue weighted by atomic mass is 16.5. The number of fused-ring (bicyclic) bond motifs is 1. The topological polar surface area (TPSA) is 32.5 Å². The summed E-state index contributed by atoms with van der Waals surface area (Å²) >= 11 is 0. The Morgan fingerprint density at radius 1 is 1.12 bits per heavy atom. The number of ether oxygens (including phenoxy) is 1. The van der Waals surface area contributed by atoms with Gasteiger partial charge in [0.25, 0.3) is 0 Å². The van der Waals surface area contributed by atoms with Gasteiger partial charge in [-0.25, -0.2) is 9.37 Å². The summed E-state index contributed by atoms with van der Waals surface area (Å²) in [6.45, 7) is 4.55. The second-order valence-electron chi connectivity index (χ2n) is 7.57. The molecule has 0 spiro atoms. The van der Waals surface area contributed by atoms with Crippen LogP contribution in [0.25, 0.3) is 0 Å². The molecule has 2 heterocycles. The molecule has 4 rings (SSSR count). The Morgan fingerprint density at radius 2 is 1.83 bits per heavy atom. The third kappa shape index (κ3) is 2.80. The summed E-state index contributed by atoms with van der Waals surface area (Å²) in [6.07, 6.45) is 12.0. The number of carbonyl (C=O) groups excluding carboxylic acids is 1. The Morgan fingerprint density at radius 3 is 2.54 bits per heavy atom. The Labute approximate surface area is 144 Å². The second kappa shape index (κ2) is 6.73. The Hall–Kier alpha value is -1.58. The number of allylic oxidation sites excluding steroid dienone is 3. The van der Waals surface area contributed by atoms with E-state index in [-0.39, 0.29) is 5.97 Å². The van der Waals surface area contributed by atoms with Crippen LogP contribution < -0.4 is 0 Å². The lowest BCUT2D eigenvalue weighted by atomic mass is 9.75. The summed E-state index contributed by atoms with van der Waals surface area (Å²) in [7, 11) is 1.52. The van der Waals surface area contributed by atoms with Crippen molar-refractivity contribution < 1.29 is 14.1 Å². The van der Waals surface area contributed by atoms with Crippen molar-refractivity contribution >= 4 is 11.7 Å². The van der Waals surface area contributed by atoms with Gasteiger partial charge in [0, 0.05) is 38.0 Å². The van der Waals surface area contributed by atoms with E-state index in [2.05, 4.69) is 15.6 Å². The Bertz CT molecular complexity index is 616. The molecular weight excluding hydrogens is 300 g/mol. The van der Waals surface area contributed by atoms with Crippen LogP contribution in [0.15, 0.2) is 22.9 Å². The normalized spacial score (nSPS) is 27.5. The van der Waals surface area contributed by atoms with Gasteiger partial charge in [0.15, 0.2) is 5.71 Å². The number of hydrogen-bond donors (Lipinski definition) is 0. The molecule has 0 N–H and O–H groups in total. The van der Waals surface area contributed by atoms with E-state index in [0.29, 0.717) is 5.92 Å². The van der Waals surface area contributed by atoms with Gasteiger partial charge in [-0.1, -0.05) is 0 Å². The Balaban J connectivity index is 1.79. The molecule has 130 valence electrons. The van der Waals surface area contributed by atoms with Crippen LogP contribution in [-0.2, 0) is 9.53 Å². The van der Waals surface area contributed by atoms with Crippen molar-refractivity contribution in [2.45, 2.75) is 51.4 Å². The maximum absolute atomic E-state index is 12.6. The van der Waals surface area contributed by atoms with Crippen LogP contribution in [-0.4, -0.2) is 54.4 Å². The van der Waals surface area contributed by atoms with Crippen LogP contribution >= 0.6 is 0 Å². The molecule has 2 aliphatic carbocycles. The molecular formula is C20H29N2O2+. The summed E-state index contributed by atoms with van der Waals surface area (Å²) in [5.74, 6) is 0.410. The minimum atomic E-state index is -0.129. The monoisotopic (exact) mass is 329 g/mol. The lowest BCUT2D eigenvalue weighted by Gasteiger charge is -2.33. The van der Waals surface area contributed by atoms with Crippen molar-refractivity contribution in [1.82, 2.24) is 4.90 Å². The van der Waals surface area contributed by atoms with Crippen LogP contribution in [0.5, 0.6) is 0 Å². The largest absolute Gasteiger partial charge is 0.465 e. The lowest BCUT2D eigenvalue weighted by molar-refractivity contribution is -0.506. The average molecular weight is 329 g/mol. The van der Waals surface area contributed by atoms with Gasteiger partial charge in [-0.3, -0.25) is 0 Å². The van der Waals surface area contributed by atoms with Gasteiger partial charge in [-0.15, -0.1) is 0 Å². The maximum Gasteiger partial charge on any atom is 0.344 e. The smallest absolute Gasteiger partial charge is 0.344 e. The van der Waals surface area contributed by atoms with Gasteiger partial charge in [0.2, 0.25) is 0 Å². The van der Waals surface area contributed by atoms with Gasteiger partial charge in [-0.2, -0.15) is 0 Å². The van der Waals surface area contributed by atoms with Gasteiger partial charge in [0.05, 0.1) is 7.11 Å². The first-order chi connectivity index (χ1) is 11.8. The third-order valence-electron chi connectivity index (χ3n) is 6.21. The van der Waals surface area contributed by atoms with E-state index in [1.165, 1.54) is 82.1 Å². The zero-order chi connectivity index (χ0) is 16.5.